The molecule has 1 aromatic carbocycles. The Morgan fingerprint density at radius 2 is 1.84 bits per heavy atom. The third kappa shape index (κ3) is 3.05. The van der Waals surface area contributed by atoms with Crippen LogP contribution in [0, 0.1) is 0 Å². The summed E-state index contributed by atoms with van der Waals surface area (Å²) in [5.74, 6) is -0.548. The van der Waals surface area contributed by atoms with Gasteiger partial charge in [0.1, 0.15) is 5.76 Å². The van der Waals surface area contributed by atoms with E-state index in [4.69, 9.17) is 9.47 Å². The van der Waals surface area contributed by atoms with E-state index in [1.54, 1.807) is 26.8 Å². The van der Waals surface area contributed by atoms with E-state index < -0.39 is 5.79 Å². The Morgan fingerprint density at radius 3 is 2.37 bits per heavy atom. The topological polar surface area (TPSA) is 35.5 Å². The van der Waals surface area contributed by atoms with Gasteiger partial charge in [0.2, 0.25) is 5.79 Å². The van der Waals surface area contributed by atoms with E-state index in [-0.39, 0.29) is 5.97 Å². The second kappa shape index (κ2) is 4.92. The molecule has 0 aliphatic carbocycles. The predicted molar refractivity (Wildman–Crippen MR) is 74.2 cm³/mol. The Bertz CT molecular complexity index is 536. The standard InChI is InChI=1S/C16H18O3/c1-5-12-6-8-13(9-7-12)10-14-11(2)18-16(3,4)19-15(14)17/h5-9H,1,10H2,2-4H3. The molecular formula is C16H18O3. The smallest absolute Gasteiger partial charge is 0.341 e. The van der Waals surface area contributed by atoms with Crippen LogP contribution in [0.25, 0.3) is 6.08 Å². The Morgan fingerprint density at radius 1 is 1.21 bits per heavy atom. The van der Waals surface area contributed by atoms with Gasteiger partial charge in [-0.15, -0.1) is 0 Å². The number of hydrogen-bond donors (Lipinski definition) is 0. The Balaban J connectivity index is 2.22. The number of rotatable bonds is 3. The lowest BCUT2D eigenvalue weighted by atomic mass is 10.0. The molecule has 100 valence electrons. The highest BCUT2D eigenvalue weighted by Crippen LogP contribution is 2.28. The quantitative estimate of drug-likeness (QED) is 0.779. The molecule has 1 aliphatic heterocycles. The van der Waals surface area contributed by atoms with Gasteiger partial charge in [-0.3, -0.25) is 0 Å². The maximum atomic E-state index is 12.0. The minimum atomic E-state index is -0.878. The highest BCUT2D eigenvalue weighted by Gasteiger charge is 2.33. The molecule has 0 saturated heterocycles. The first-order chi connectivity index (χ1) is 8.91. The molecule has 0 N–H and O–H groups in total. The third-order valence-corrected chi connectivity index (χ3v) is 3.01. The van der Waals surface area contributed by atoms with Crippen LogP contribution in [0.1, 0.15) is 31.9 Å². The molecule has 0 radical (unpaired) electrons. The summed E-state index contributed by atoms with van der Waals surface area (Å²) in [4.78, 5) is 12.0. The number of ether oxygens (including phenoxy) is 2. The fourth-order valence-electron chi connectivity index (χ4n) is 2.05. The van der Waals surface area contributed by atoms with Gasteiger partial charge in [0.15, 0.2) is 0 Å². The number of carbonyl (C=O) groups excluding carboxylic acids is 1. The summed E-state index contributed by atoms with van der Waals surface area (Å²) < 4.78 is 10.8. The predicted octanol–water partition coefficient (Wildman–Crippen LogP) is 3.46. The van der Waals surface area contributed by atoms with Gasteiger partial charge in [-0.05, 0) is 18.1 Å². The maximum Gasteiger partial charge on any atom is 0.341 e. The lowest BCUT2D eigenvalue weighted by Gasteiger charge is -2.32. The average Bonchev–Trinajstić information content (AvgIpc) is 2.33. The zero-order chi connectivity index (χ0) is 14.0. The summed E-state index contributed by atoms with van der Waals surface area (Å²) >= 11 is 0. The fourth-order valence-corrected chi connectivity index (χ4v) is 2.05. The zero-order valence-corrected chi connectivity index (χ0v) is 11.5. The minimum absolute atomic E-state index is 0.304. The van der Waals surface area contributed by atoms with Gasteiger partial charge in [0.25, 0.3) is 0 Å². The summed E-state index contributed by atoms with van der Waals surface area (Å²) in [6.45, 7) is 8.97. The molecule has 3 nitrogen and oxygen atoms in total. The van der Waals surface area contributed by atoms with E-state index in [0.29, 0.717) is 17.8 Å². The molecule has 1 heterocycles. The second-order valence-corrected chi connectivity index (χ2v) is 5.05. The van der Waals surface area contributed by atoms with Crippen molar-refractivity contribution in [1.29, 1.82) is 0 Å². The van der Waals surface area contributed by atoms with E-state index >= 15 is 0 Å². The van der Waals surface area contributed by atoms with Crippen molar-refractivity contribution in [2.75, 3.05) is 0 Å². The SMILES string of the molecule is C=Cc1ccc(CC2=C(C)OC(C)(C)OC2=O)cc1. The van der Waals surface area contributed by atoms with Crippen LogP contribution in [-0.2, 0) is 20.7 Å². The van der Waals surface area contributed by atoms with Gasteiger partial charge < -0.3 is 9.47 Å². The number of benzene rings is 1. The number of hydrogen-bond acceptors (Lipinski definition) is 3. The lowest BCUT2D eigenvalue weighted by molar-refractivity contribution is -0.207. The van der Waals surface area contributed by atoms with E-state index in [2.05, 4.69) is 6.58 Å². The normalized spacial score (nSPS) is 17.7. The largest absolute Gasteiger partial charge is 0.457 e. The molecular weight excluding hydrogens is 240 g/mol. The van der Waals surface area contributed by atoms with Gasteiger partial charge in [0.05, 0.1) is 5.57 Å². The second-order valence-electron chi connectivity index (χ2n) is 5.05. The average molecular weight is 258 g/mol. The van der Waals surface area contributed by atoms with Gasteiger partial charge in [-0.2, -0.15) is 0 Å². The van der Waals surface area contributed by atoms with Crippen molar-refractivity contribution in [1.82, 2.24) is 0 Å². The van der Waals surface area contributed by atoms with Crippen LogP contribution < -0.4 is 0 Å². The molecule has 0 fully saturated rings. The fraction of sp³-hybridized carbons (Fsp3) is 0.312. The van der Waals surface area contributed by atoms with Crippen molar-refractivity contribution in [3.05, 3.63) is 53.3 Å². The molecule has 0 amide bonds. The maximum absolute atomic E-state index is 12.0. The van der Waals surface area contributed by atoms with E-state index in [1.165, 1.54) is 0 Å². The minimum Gasteiger partial charge on any atom is -0.457 e. The van der Waals surface area contributed by atoms with Crippen LogP contribution in [0.2, 0.25) is 0 Å². The van der Waals surface area contributed by atoms with Gasteiger partial charge >= 0.3 is 5.97 Å². The summed E-state index contributed by atoms with van der Waals surface area (Å²) in [5.41, 5.74) is 2.67. The highest BCUT2D eigenvalue weighted by atomic mass is 16.7. The van der Waals surface area contributed by atoms with Crippen molar-refractivity contribution >= 4 is 12.0 Å². The van der Waals surface area contributed by atoms with Crippen molar-refractivity contribution in [3.8, 4) is 0 Å². The van der Waals surface area contributed by atoms with E-state index in [0.717, 1.165) is 11.1 Å². The third-order valence-electron chi connectivity index (χ3n) is 3.01. The molecule has 1 aliphatic rings. The number of allylic oxidation sites excluding steroid dienone is 1. The molecule has 3 heteroatoms. The molecule has 1 aromatic rings. The van der Waals surface area contributed by atoms with E-state index in [1.807, 2.05) is 24.3 Å². The molecule has 2 rings (SSSR count). The zero-order valence-electron chi connectivity index (χ0n) is 11.5. The first-order valence-corrected chi connectivity index (χ1v) is 6.25. The monoisotopic (exact) mass is 258 g/mol. The summed E-state index contributed by atoms with van der Waals surface area (Å²) in [6.07, 6.45) is 2.30. The number of carbonyl (C=O) groups is 1. The molecule has 0 saturated carbocycles. The van der Waals surface area contributed by atoms with Crippen LogP contribution in [0.3, 0.4) is 0 Å². The first kappa shape index (κ1) is 13.4. The van der Waals surface area contributed by atoms with Gasteiger partial charge in [-0.25, -0.2) is 4.79 Å². The summed E-state index contributed by atoms with van der Waals surface area (Å²) in [5, 5.41) is 0. The van der Waals surface area contributed by atoms with Gasteiger partial charge in [-0.1, -0.05) is 36.9 Å². The van der Waals surface area contributed by atoms with Crippen LogP contribution in [0.4, 0.5) is 0 Å². The van der Waals surface area contributed by atoms with Crippen molar-refractivity contribution in [2.45, 2.75) is 33.0 Å². The molecule has 0 atom stereocenters. The molecule has 0 aromatic heterocycles. The number of esters is 1. The number of cyclic esters (lactones) is 1. The van der Waals surface area contributed by atoms with Crippen LogP contribution in [-0.4, -0.2) is 11.8 Å². The van der Waals surface area contributed by atoms with Crippen molar-refractivity contribution in [2.24, 2.45) is 0 Å². The summed E-state index contributed by atoms with van der Waals surface area (Å²) in [6, 6.07) is 7.89. The van der Waals surface area contributed by atoms with Crippen molar-refractivity contribution in [3.63, 3.8) is 0 Å². The first-order valence-electron chi connectivity index (χ1n) is 6.25. The van der Waals surface area contributed by atoms with E-state index in [9.17, 15) is 4.79 Å². The summed E-state index contributed by atoms with van der Waals surface area (Å²) in [7, 11) is 0. The Hall–Kier alpha value is -2.03. The Labute approximate surface area is 113 Å². The molecule has 19 heavy (non-hydrogen) atoms. The van der Waals surface area contributed by atoms with Gasteiger partial charge in [0, 0.05) is 20.3 Å². The lowest BCUT2D eigenvalue weighted by Crippen LogP contribution is -2.36. The molecule has 0 bridgehead atoms. The Kier molecular flexibility index (Phi) is 3.47. The van der Waals surface area contributed by atoms with Crippen LogP contribution >= 0.6 is 0 Å². The molecule has 0 spiro atoms. The molecule has 0 unspecified atom stereocenters. The highest BCUT2D eigenvalue weighted by molar-refractivity contribution is 5.90. The van der Waals surface area contributed by atoms with Crippen LogP contribution in [0.15, 0.2) is 42.2 Å². The van der Waals surface area contributed by atoms with Crippen molar-refractivity contribution < 1.29 is 14.3 Å². The van der Waals surface area contributed by atoms with Crippen LogP contribution in [0.5, 0.6) is 0 Å².